The maximum atomic E-state index is 5.74. The van der Waals surface area contributed by atoms with Crippen molar-refractivity contribution in [3.63, 3.8) is 0 Å². The quantitative estimate of drug-likeness (QED) is 0.355. The number of benzene rings is 1. The summed E-state index contributed by atoms with van der Waals surface area (Å²) < 4.78 is 11.3. The molecular weight excluding hydrogens is 378 g/mol. The standard InChI is InChI=1S/C23H35N5O2/c1-4-24-23(25-12-8-13-29-17-19-9-7-14-30-19)26-16-18-15-22(28(2)3)27-21-11-6-5-10-20(18)21/h5-6,10-11,15,19H,4,7-9,12-14,16-17H2,1-3H3,(H2,24,25,26). The molecule has 1 fully saturated rings. The van der Waals surface area contributed by atoms with Crippen LogP contribution in [-0.4, -0.2) is 64.1 Å². The molecule has 2 N–H and O–H groups in total. The Labute approximate surface area is 179 Å². The molecule has 1 aromatic heterocycles. The van der Waals surface area contributed by atoms with Gasteiger partial charge in [0.15, 0.2) is 5.96 Å². The van der Waals surface area contributed by atoms with Crippen molar-refractivity contribution in [1.82, 2.24) is 15.6 Å². The number of ether oxygens (including phenoxy) is 2. The Morgan fingerprint density at radius 1 is 1.30 bits per heavy atom. The number of nitrogens with one attached hydrogen (secondary N) is 2. The lowest BCUT2D eigenvalue weighted by atomic mass is 10.1. The van der Waals surface area contributed by atoms with Gasteiger partial charge in [-0.05, 0) is 43.9 Å². The molecule has 0 spiro atoms. The number of fused-ring (bicyclic) bond motifs is 1. The summed E-state index contributed by atoms with van der Waals surface area (Å²) in [4.78, 5) is 11.6. The van der Waals surface area contributed by atoms with E-state index in [9.17, 15) is 0 Å². The summed E-state index contributed by atoms with van der Waals surface area (Å²) in [5, 5.41) is 7.88. The highest BCUT2D eigenvalue weighted by Gasteiger charge is 2.15. The number of anilines is 1. The molecule has 7 nitrogen and oxygen atoms in total. The summed E-state index contributed by atoms with van der Waals surface area (Å²) >= 11 is 0. The van der Waals surface area contributed by atoms with Crippen molar-refractivity contribution in [3.8, 4) is 0 Å². The minimum absolute atomic E-state index is 0.291. The first-order valence-corrected chi connectivity index (χ1v) is 10.9. The first-order valence-electron chi connectivity index (χ1n) is 10.9. The summed E-state index contributed by atoms with van der Waals surface area (Å²) in [7, 11) is 4.02. The van der Waals surface area contributed by atoms with Crippen LogP contribution >= 0.6 is 0 Å². The third-order valence-corrected chi connectivity index (χ3v) is 5.08. The van der Waals surface area contributed by atoms with Gasteiger partial charge in [0.1, 0.15) is 5.82 Å². The minimum atomic E-state index is 0.291. The number of pyridine rings is 1. The first kappa shape index (κ1) is 22.3. The van der Waals surface area contributed by atoms with Crippen molar-refractivity contribution in [2.45, 2.75) is 38.8 Å². The van der Waals surface area contributed by atoms with E-state index in [0.29, 0.717) is 19.3 Å². The van der Waals surface area contributed by atoms with Gasteiger partial charge in [-0.1, -0.05) is 18.2 Å². The lowest BCUT2D eigenvalue weighted by Crippen LogP contribution is -2.38. The Kier molecular flexibility index (Phi) is 8.71. The molecule has 1 aliphatic rings. The van der Waals surface area contributed by atoms with Crippen molar-refractivity contribution >= 4 is 22.7 Å². The predicted molar refractivity (Wildman–Crippen MR) is 123 cm³/mol. The molecule has 1 unspecified atom stereocenters. The number of rotatable bonds is 10. The topological polar surface area (TPSA) is 71.0 Å². The fourth-order valence-electron chi connectivity index (χ4n) is 3.47. The maximum absolute atomic E-state index is 5.74. The van der Waals surface area contributed by atoms with Crippen LogP contribution in [0.15, 0.2) is 35.3 Å². The van der Waals surface area contributed by atoms with Crippen LogP contribution < -0.4 is 15.5 Å². The van der Waals surface area contributed by atoms with Gasteiger partial charge in [-0.2, -0.15) is 0 Å². The predicted octanol–water partition coefficient (Wildman–Crippen LogP) is 2.94. The van der Waals surface area contributed by atoms with E-state index in [1.807, 2.05) is 31.1 Å². The van der Waals surface area contributed by atoms with Gasteiger partial charge in [0, 0.05) is 45.8 Å². The first-order chi connectivity index (χ1) is 14.7. The molecule has 7 heteroatoms. The number of aliphatic imine (C=N–C) groups is 1. The summed E-state index contributed by atoms with van der Waals surface area (Å²) in [6.07, 6.45) is 3.49. The monoisotopic (exact) mass is 413 g/mol. The van der Waals surface area contributed by atoms with Gasteiger partial charge in [0.25, 0.3) is 0 Å². The zero-order valence-electron chi connectivity index (χ0n) is 18.5. The molecule has 30 heavy (non-hydrogen) atoms. The molecular formula is C23H35N5O2. The van der Waals surface area contributed by atoms with E-state index in [4.69, 9.17) is 19.5 Å². The maximum Gasteiger partial charge on any atom is 0.191 e. The smallest absolute Gasteiger partial charge is 0.191 e. The Bertz CT molecular complexity index is 818. The van der Waals surface area contributed by atoms with E-state index < -0.39 is 0 Å². The van der Waals surface area contributed by atoms with Gasteiger partial charge >= 0.3 is 0 Å². The minimum Gasteiger partial charge on any atom is -0.379 e. The van der Waals surface area contributed by atoms with Crippen LogP contribution in [-0.2, 0) is 16.0 Å². The second kappa shape index (κ2) is 11.7. The van der Waals surface area contributed by atoms with E-state index >= 15 is 0 Å². The molecule has 0 aliphatic carbocycles. The van der Waals surface area contributed by atoms with E-state index in [1.165, 1.54) is 5.56 Å². The average Bonchev–Trinajstić information content (AvgIpc) is 3.27. The SMILES string of the molecule is CCNC(=NCc1cc(N(C)C)nc2ccccc12)NCCCOCC1CCCO1. The molecule has 1 aliphatic heterocycles. The molecule has 1 saturated heterocycles. The van der Waals surface area contributed by atoms with Crippen molar-refractivity contribution < 1.29 is 9.47 Å². The van der Waals surface area contributed by atoms with Gasteiger partial charge in [-0.3, -0.25) is 0 Å². The van der Waals surface area contributed by atoms with Crippen LogP contribution in [0, 0.1) is 0 Å². The normalized spacial score (nSPS) is 16.8. The van der Waals surface area contributed by atoms with Crippen LogP contribution in [0.3, 0.4) is 0 Å². The number of nitrogens with zero attached hydrogens (tertiary/aromatic N) is 3. The van der Waals surface area contributed by atoms with Gasteiger partial charge in [0.05, 0.1) is 24.8 Å². The number of hydrogen-bond acceptors (Lipinski definition) is 5. The Hall–Kier alpha value is -2.38. The van der Waals surface area contributed by atoms with Crippen molar-refractivity contribution in [3.05, 3.63) is 35.9 Å². The van der Waals surface area contributed by atoms with Gasteiger partial charge in [-0.25, -0.2) is 9.98 Å². The molecule has 0 saturated carbocycles. The molecule has 1 atom stereocenters. The van der Waals surface area contributed by atoms with Gasteiger partial charge < -0.3 is 25.0 Å². The lowest BCUT2D eigenvalue weighted by molar-refractivity contribution is 0.0168. The third kappa shape index (κ3) is 6.57. The summed E-state index contributed by atoms with van der Waals surface area (Å²) in [6, 6.07) is 10.4. The summed E-state index contributed by atoms with van der Waals surface area (Å²) in [5.74, 6) is 1.77. The van der Waals surface area contributed by atoms with E-state index in [-0.39, 0.29) is 0 Å². The van der Waals surface area contributed by atoms with E-state index in [0.717, 1.165) is 68.2 Å². The largest absolute Gasteiger partial charge is 0.379 e. The summed E-state index contributed by atoms with van der Waals surface area (Å²) in [5.41, 5.74) is 2.16. The van der Waals surface area contributed by atoms with Gasteiger partial charge in [-0.15, -0.1) is 0 Å². The Morgan fingerprint density at radius 2 is 2.17 bits per heavy atom. The fourth-order valence-corrected chi connectivity index (χ4v) is 3.47. The molecule has 0 amide bonds. The average molecular weight is 414 g/mol. The fraction of sp³-hybridized carbons (Fsp3) is 0.565. The molecule has 3 rings (SSSR count). The molecule has 164 valence electrons. The van der Waals surface area contributed by atoms with Crippen LogP contribution in [0.25, 0.3) is 10.9 Å². The van der Waals surface area contributed by atoms with E-state index in [1.54, 1.807) is 0 Å². The zero-order chi connectivity index (χ0) is 21.2. The number of para-hydroxylation sites is 1. The van der Waals surface area contributed by atoms with Gasteiger partial charge in [0.2, 0.25) is 0 Å². The second-order valence-corrected chi connectivity index (χ2v) is 7.74. The molecule has 2 heterocycles. The number of guanidine groups is 1. The molecule has 1 aromatic carbocycles. The third-order valence-electron chi connectivity index (χ3n) is 5.08. The lowest BCUT2D eigenvalue weighted by Gasteiger charge is -2.15. The zero-order valence-corrected chi connectivity index (χ0v) is 18.5. The Morgan fingerprint density at radius 3 is 2.93 bits per heavy atom. The van der Waals surface area contributed by atoms with Crippen LogP contribution in [0.4, 0.5) is 5.82 Å². The highest BCUT2D eigenvalue weighted by molar-refractivity contribution is 5.85. The Balaban J connectivity index is 1.55. The van der Waals surface area contributed by atoms with Crippen LogP contribution in [0.1, 0.15) is 31.7 Å². The number of hydrogen-bond donors (Lipinski definition) is 2. The molecule has 0 radical (unpaired) electrons. The highest BCUT2D eigenvalue weighted by atomic mass is 16.5. The van der Waals surface area contributed by atoms with Crippen molar-refractivity contribution in [1.29, 1.82) is 0 Å². The van der Waals surface area contributed by atoms with E-state index in [2.05, 4.69) is 35.8 Å². The second-order valence-electron chi connectivity index (χ2n) is 7.74. The van der Waals surface area contributed by atoms with Crippen LogP contribution in [0.5, 0.6) is 0 Å². The molecule has 2 aromatic rings. The summed E-state index contributed by atoms with van der Waals surface area (Å²) in [6.45, 7) is 6.62. The van der Waals surface area contributed by atoms with Crippen LogP contribution in [0.2, 0.25) is 0 Å². The molecule has 0 bridgehead atoms. The van der Waals surface area contributed by atoms with Crippen molar-refractivity contribution in [2.75, 3.05) is 51.9 Å². The number of aromatic nitrogens is 1. The van der Waals surface area contributed by atoms with Crippen molar-refractivity contribution in [2.24, 2.45) is 4.99 Å². The highest BCUT2D eigenvalue weighted by Crippen LogP contribution is 2.22.